The van der Waals surface area contributed by atoms with Crippen LogP contribution >= 0.6 is 15.9 Å². The molecule has 3 N–H and O–H groups in total. The molecule has 0 saturated heterocycles. The van der Waals surface area contributed by atoms with Crippen LogP contribution in [-0.2, 0) is 0 Å². The number of rotatable bonds is 3. The maximum Gasteiger partial charge on any atom is 0.150 e. The highest BCUT2D eigenvalue weighted by molar-refractivity contribution is 9.10. The molecular formula is C14H15BrF2N4. The van der Waals surface area contributed by atoms with Crippen molar-refractivity contribution in [3.63, 3.8) is 0 Å². The third kappa shape index (κ3) is 3.29. The number of nitrogens with two attached hydrogens (primary N) is 1. The molecule has 0 radical (unpaired) electrons. The summed E-state index contributed by atoms with van der Waals surface area (Å²) in [6.45, 7) is 5.51. The molecular weight excluding hydrogens is 342 g/mol. The molecule has 2 aromatic rings. The van der Waals surface area contributed by atoms with Gasteiger partial charge < -0.3 is 11.1 Å². The van der Waals surface area contributed by atoms with E-state index in [9.17, 15) is 8.78 Å². The molecule has 21 heavy (non-hydrogen) atoms. The van der Waals surface area contributed by atoms with Gasteiger partial charge in [-0.1, -0.05) is 29.8 Å². The van der Waals surface area contributed by atoms with Crippen molar-refractivity contribution in [2.24, 2.45) is 0 Å². The van der Waals surface area contributed by atoms with Crippen molar-refractivity contribution < 1.29 is 8.78 Å². The number of halogens is 3. The summed E-state index contributed by atoms with van der Waals surface area (Å²) in [5.74, 6) is -0.291. The number of anilines is 3. The summed E-state index contributed by atoms with van der Waals surface area (Å²) in [5, 5.41) is 2.67. The van der Waals surface area contributed by atoms with Crippen molar-refractivity contribution in [1.82, 2.24) is 9.97 Å². The van der Waals surface area contributed by atoms with Gasteiger partial charge in [-0.2, -0.15) is 0 Å². The minimum absolute atomic E-state index is 0.0491. The number of hydrogen-bond acceptors (Lipinski definition) is 4. The highest BCUT2D eigenvalue weighted by Crippen LogP contribution is 2.29. The monoisotopic (exact) mass is 356 g/mol. The topological polar surface area (TPSA) is 63.8 Å². The second-order valence-corrected chi connectivity index (χ2v) is 5.88. The molecule has 0 spiro atoms. The third-order valence-corrected chi connectivity index (χ3v) is 3.43. The fourth-order valence-electron chi connectivity index (χ4n) is 1.71. The lowest BCUT2D eigenvalue weighted by Crippen LogP contribution is -2.09. The lowest BCUT2D eigenvalue weighted by molar-refractivity contribution is 0.589. The minimum Gasteiger partial charge on any atom is -0.383 e. The first-order chi connectivity index (χ1) is 9.79. The predicted octanol–water partition coefficient (Wildman–Crippen LogP) is 4.27. The number of nitrogens with zero attached hydrogens (tertiary/aromatic N) is 2. The van der Waals surface area contributed by atoms with E-state index in [1.165, 1.54) is 12.1 Å². The highest BCUT2D eigenvalue weighted by Gasteiger charge is 2.16. The van der Waals surface area contributed by atoms with Crippen LogP contribution in [0.25, 0.3) is 0 Å². The first kappa shape index (κ1) is 15.6. The van der Waals surface area contributed by atoms with Crippen LogP contribution in [0.5, 0.6) is 0 Å². The highest BCUT2D eigenvalue weighted by atomic mass is 79.9. The molecule has 0 aliphatic rings. The molecule has 7 heteroatoms. The van der Waals surface area contributed by atoms with Gasteiger partial charge in [0.15, 0.2) is 11.6 Å². The van der Waals surface area contributed by atoms with Crippen LogP contribution in [0.4, 0.5) is 26.1 Å². The molecule has 0 fully saturated rings. The Morgan fingerprint density at radius 1 is 1.19 bits per heavy atom. The summed E-state index contributed by atoms with van der Waals surface area (Å²) in [4.78, 5) is 8.45. The van der Waals surface area contributed by atoms with E-state index in [1.807, 2.05) is 13.8 Å². The van der Waals surface area contributed by atoms with Gasteiger partial charge in [-0.15, -0.1) is 0 Å². The number of benzene rings is 1. The molecule has 2 rings (SSSR count). The fourth-order valence-corrected chi connectivity index (χ4v) is 2.11. The average Bonchev–Trinajstić information content (AvgIpc) is 2.37. The maximum atomic E-state index is 13.9. The Morgan fingerprint density at radius 2 is 1.76 bits per heavy atom. The predicted molar refractivity (Wildman–Crippen MR) is 82.6 cm³/mol. The van der Waals surface area contributed by atoms with E-state index >= 15 is 0 Å². The summed E-state index contributed by atoms with van der Waals surface area (Å²) < 4.78 is 28.1. The van der Waals surface area contributed by atoms with Crippen molar-refractivity contribution >= 4 is 33.3 Å². The molecule has 0 aliphatic carbocycles. The molecule has 0 amide bonds. The lowest BCUT2D eigenvalue weighted by Gasteiger charge is -2.14. The summed E-state index contributed by atoms with van der Waals surface area (Å²) in [6, 6.07) is 2.35. The Hall–Kier alpha value is -1.76. The summed E-state index contributed by atoms with van der Waals surface area (Å²) in [6.07, 6.45) is 0. The Morgan fingerprint density at radius 3 is 2.29 bits per heavy atom. The van der Waals surface area contributed by atoms with Crippen LogP contribution < -0.4 is 11.1 Å². The van der Waals surface area contributed by atoms with E-state index in [2.05, 4.69) is 31.2 Å². The van der Waals surface area contributed by atoms with Crippen molar-refractivity contribution in [3.05, 3.63) is 39.6 Å². The van der Waals surface area contributed by atoms with Gasteiger partial charge in [0.05, 0.1) is 0 Å². The minimum atomic E-state index is -0.718. The summed E-state index contributed by atoms with van der Waals surface area (Å²) >= 11 is 3.04. The summed E-state index contributed by atoms with van der Waals surface area (Å²) in [5.41, 5.74) is 6.10. The SMILES string of the molecule is Cc1c(N)nc(C(C)C)nc1Nc1c(F)cc(Br)cc1F. The van der Waals surface area contributed by atoms with E-state index in [-0.39, 0.29) is 17.4 Å². The Bertz CT molecular complexity index is 666. The standard InChI is InChI=1S/C14H15BrF2N4/c1-6(2)13-20-12(18)7(3)14(21-13)19-11-9(16)4-8(15)5-10(11)17/h4-6H,1-3H3,(H3,18,19,20,21). The maximum absolute atomic E-state index is 13.9. The van der Waals surface area contributed by atoms with Crippen LogP contribution in [0, 0.1) is 18.6 Å². The van der Waals surface area contributed by atoms with Gasteiger partial charge in [0.1, 0.15) is 23.1 Å². The smallest absolute Gasteiger partial charge is 0.150 e. The van der Waals surface area contributed by atoms with Gasteiger partial charge in [0.25, 0.3) is 0 Å². The van der Waals surface area contributed by atoms with Gasteiger partial charge in [0.2, 0.25) is 0 Å². The summed E-state index contributed by atoms with van der Waals surface area (Å²) in [7, 11) is 0. The molecule has 0 unspecified atom stereocenters. The first-order valence-electron chi connectivity index (χ1n) is 6.35. The second-order valence-electron chi connectivity index (χ2n) is 4.96. The zero-order chi connectivity index (χ0) is 15.7. The van der Waals surface area contributed by atoms with E-state index in [1.54, 1.807) is 6.92 Å². The molecule has 0 saturated carbocycles. The van der Waals surface area contributed by atoms with E-state index in [4.69, 9.17) is 5.73 Å². The van der Waals surface area contributed by atoms with Gasteiger partial charge in [0, 0.05) is 16.0 Å². The molecule has 4 nitrogen and oxygen atoms in total. The Balaban J connectivity index is 2.49. The van der Waals surface area contributed by atoms with Crippen LogP contribution in [0.2, 0.25) is 0 Å². The molecule has 112 valence electrons. The van der Waals surface area contributed by atoms with Crippen LogP contribution in [0.3, 0.4) is 0 Å². The largest absolute Gasteiger partial charge is 0.383 e. The zero-order valence-electron chi connectivity index (χ0n) is 11.8. The number of nitrogens with one attached hydrogen (secondary N) is 1. The number of nitrogen functional groups attached to an aromatic ring is 1. The van der Waals surface area contributed by atoms with Crippen molar-refractivity contribution in [2.75, 3.05) is 11.1 Å². The number of aromatic nitrogens is 2. The molecule has 0 bridgehead atoms. The van der Waals surface area contributed by atoms with Gasteiger partial charge in [-0.3, -0.25) is 0 Å². The van der Waals surface area contributed by atoms with E-state index in [0.717, 1.165) is 0 Å². The first-order valence-corrected chi connectivity index (χ1v) is 7.14. The van der Waals surface area contributed by atoms with Gasteiger partial charge in [-0.05, 0) is 19.1 Å². The van der Waals surface area contributed by atoms with Gasteiger partial charge in [-0.25, -0.2) is 18.7 Å². The third-order valence-electron chi connectivity index (χ3n) is 2.97. The van der Waals surface area contributed by atoms with Crippen LogP contribution in [-0.4, -0.2) is 9.97 Å². The molecule has 0 aliphatic heterocycles. The second kappa shape index (κ2) is 5.93. The quantitative estimate of drug-likeness (QED) is 0.861. The molecule has 1 heterocycles. The van der Waals surface area contributed by atoms with Crippen LogP contribution in [0.1, 0.15) is 31.2 Å². The lowest BCUT2D eigenvalue weighted by atomic mass is 10.2. The Labute approximate surface area is 129 Å². The van der Waals surface area contributed by atoms with E-state index < -0.39 is 11.6 Å². The van der Waals surface area contributed by atoms with Crippen molar-refractivity contribution in [2.45, 2.75) is 26.7 Å². The van der Waals surface area contributed by atoms with E-state index in [0.29, 0.717) is 21.7 Å². The normalized spacial score (nSPS) is 11.0. The zero-order valence-corrected chi connectivity index (χ0v) is 13.4. The number of hydrogen-bond donors (Lipinski definition) is 2. The fraction of sp³-hybridized carbons (Fsp3) is 0.286. The van der Waals surface area contributed by atoms with Crippen molar-refractivity contribution in [1.29, 1.82) is 0 Å². The average molecular weight is 357 g/mol. The van der Waals surface area contributed by atoms with Crippen molar-refractivity contribution in [3.8, 4) is 0 Å². The molecule has 1 aromatic carbocycles. The Kier molecular flexibility index (Phi) is 4.41. The van der Waals surface area contributed by atoms with Gasteiger partial charge >= 0.3 is 0 Å². The molecule has 0 atom stereocenters. The van der Waals surface area contributed by atoms with Crippen LogP contribution in [0.15, 0.2) is 16.6 Å². The molecule has 1 aromatic heterocycles.